The summed E-state index contributed by atoms with van der Waals surface area (Å²) in [7, 11) is 1.56. The Morgan fingerprint density at radius 3 is 2.61 bits per heavy atom. The summed E-state index contributed by atoms with van der Waals surface area (Å²) < 4.78 is 5.63. The number of piperidine rings is 2. The molecule has 7 heteroatoms. The Morgan fingerprint density at radius 1 is 1.03 bits per heavy atom. The first-order valence-corrected chi connectivity index (χ1v) is 13.1. The van der Waals surface area contributed by atoms with Crippen LogP contribution < -0.4 is 10.1 Å². The van der Waals surface area contributed by atoms with Crippen molar-refractivity contribution in [1.82, 2.24) is 14.8 Å². The number of carbonyl (C=O) groups excluding carboxylic acids is 2. The van der Waals surface area contributed by atoms with Gasteiger partial charge in [0.15, 0.2) is 11.5 Å². The molecule has 190 valence electrons. The van der Waals surface area contributed by atoms with Crippen LogP contribution in [-0.4, -0.2) is 72.9 Å². The van der Waals surface area contributed by atoms with E-state index in [2.05, 4.69) is 15.2 Å². The van der Waals surface area contributed by atoms with E-state index in [1.807, 2.05) is 47.5 Å². The van der Waals surface area contributed by atoms with Crippen LogP contribution in [0.5, 0.6) is 5.75 Å². The van der Waals surface area contributed by atoms with Gasteiger partial charge in [-0.25, -0.2) is 0 Å². The molecule has 2 saturated heterocycles. The molecule has 1 aromatic heterocycles. The lowest BCUT2D eigenvalue weighted by atomic mass is 9.95. The van der Waals surface area contributed by atoms with Crippen LogP contribution in [0.3, 0.4) is 0 Å². The summed E-state index contributed by atoms with van der Waals surface area (Å²) >= 11 is 0. The molecule has 5 rings (SSSR count). The zero-order valence-corrected chi connectivity index (χ0v) is 21.1. The number of ketones is 1. The summed E-state index contributed by atoms with van der Waals surface area (Å²) in [6.07, 6.45) is 8.00. The summed E-state index contributed by atoms with van der Waals surface area (Å²) in [5.41, 5.74) is 2.63. The second-order valence-corrected chi connectivity index (χ2v) is 10.0. The number of methoxy groups -OCH3 is 1. The van der Waals surface area contributed by atoms with Crippen LogP contribution in [-0.2, 0) is 4.79 Å². The van der Waals surface area contributed by atoms with E-state index in [0.717, 1.165) is 36.8 Å². The van der Waals surface area contributed by atoms with Crippen molar-refractivity contribution in [3.8, 4) is 5.75 Å². The standard InChI is InChI=1S/C29H36N4O3/c1-36-29-24(28(35)23-9-8-22-10-13-30-26(22)18-23)6-5-7-25(29)31-19-27(34)33-16-11-21(12-17-33)20-32-14-3-2-4-15-32/h5-10,13,18,21,30-31H,2-4,11-12,14-17,19-20H2,1H3. The number of likely N-dealkylation sites (tertiary alicyclic amines) is 2. The van der Waals surface area contributed by atoms with Gasteiger partial charge in [-0.15, -0.1) is 0 Å². The van der Waals surface area contributed by atoms with E-state index in [4.69, 9.17) is 4.74 Å². The third-order valence-corrected chi connectivity index (χ3v) is 7.64. The Hall–Kier alpha value is -3.32. The number of nitrogens with zero attached hydrogens (tertiary/aromatic N) is 2. The Balaban J connectivity index is 1.19. The average molecular weight is 489 g/mol. The molecule has 0 radical (unpaired) electrons. The van der Waals surface area contributed by atoms with Crippen LogP contribution in [0, 0.1) is 5.92 Å². The first-order chi connectivity index (χ1) is 17.6. The molecule has 0 unspecified atom stereocenters. The molecule has 3 aromatic rings. The summed E-state index contributed by atoms with van der Waals surface area (Å²) in [5.74, 6) is 1.12. The zero-order valence-electron chi connectivity index (χ0n) is 21.1. The second-order valence-electron chi connectivity index (χ2n) is 10.0. The third-order valence-electron chi connectivity index (χ3n) is 7.64. The molecular formula is C29H36N4O3. The first kappa shape index (κ1) is 24.4. The molecule has 0 saturated carbocycles. The Kier molecular flexibility index (Phi) is 7.56. The van der Waals surface area contributed by atoms with Gasteiger partial charge in [0.25, 0.3) is 0 Å². The fraction of sp³-hybridized carbons (Fsp3) is 0.448. The number of benzene rings is 2. The minimum atomic E-state index is -0.117. The molecule has 2 aliphatic heterocycles. The zero-order chi connectivity index (χ0) is 24.9. The Labute approximate surface area is 212 Å². The van der Waals surface area contributed by atoms with E-state index in [-0.39, 0.29) is 18.2 Å². The van der Waals surface area contributed by atoms with Gasteiger partial charge in [0.05, 0.1) is 24.9 Å². The summed E-state index contributed by atoms with van der Waals surface area (Å²) in [6, 6.07) is 13.0. The van der Waals surface area contributed by atoms with E-state index in [9.17, 15) is 9.59 Å². The number of fused-ring (bicyclic) bond motifs is 1. The van der Waals surface area contributed by atoms with Gasteiger partial charge in [-0.3, -0.25) is 9.59 Å². The largest absolute Gasteiger partial charge is 0.494 e. The highest BCUT2D eigenvalue weighted by Gasteiger charge is 2.25. The molecule has 1 amide bonds. The molecule has 3 heterocycles. The van der Waals surface area contributed by atoms with Crippen LogP contribution in [0.2, 0.25) is 0 Å². The van der Waals surface area contributed by atoms with E-state index < -0.39 is 0 Å². The number of hydrogen-bond donors (Lipinski definition) is 2. The average Bonchev–Trinajstić information content (AvgIpc) is 3.40. The maximum absolute atomic E-state index is 13.3. The van der Waals surface area contributed by atoms with Crippen LogP contribution >= 0.6 is 0 Å². The molecule has 0 atom stereocenters. The lowest BCUT2D eigenvalue weighted by molar-refractivity contribution is -0.130. The quantitative estimate of drug-likeness (QED) is 0.455. The molecule has 2 aromatic carbocycles. The smallest absolute Gasteiger partial charge is 0.241 e. The number of nitrogens with one attached hydrogen (secondary N) is 2. The summed E-state index contributed by atoms with van der Waals surface area (Å²) in [5, 5.41) is 4.29. The maximum Gasteiger partial charge on any atom is 0.241 e. The normalized spacial score (nSPS) is 17.3. The SMILES string of the molecule is COc1c(NCC(=O)N2CCC(CN3CCCCC3)CC2)cccc1C(=O)c1ccc2cc[nH]c2c1. The van der Waals surface area contributed by atoms with Crippen LogP contribution in [0.25, 0.3) is 10.9 Å². The van der Waals surface area contributed by atoms with Gasteiger partial charge < -0.3 is 24.8 Å². The van der Waals surface area contributed by atoms with E-state index in [1.54, 1.807) is 13.2 Å². The van der Waals surface area contributed by atoms with Crippen molar-refractivity contribution in [2.24, 2.45) is 5.92 Å². The number of aromatic nitrogens is 1. The van der Waals surface area contributed by atoms with Crippen molar-refractivity contribution >= 4 is 28.3 Å². The lowest BCUT2D eigenvalue weighted by Crippen LogP contribution is -2.44. The highest BCUT2D eigenvalue weighted by molar-refractivity contribution is 6.13. The number of anilines is 1. The molecule has 0 spiro atoms. The van der Waals surface area contributed by atoms with Gasteiger partial charge in [-0.1, -0.05) is 24.6 Å². The van der Waals surface area contributed by atoms with Crippen LogP contribution in [0.1, 0.15) is 48.0 Å². The van der Waals surface area contributed by atoms with E-state index >= 15 is 0 Å². The molecule has 0 aliphatic carbocycles. The molecule has 2 fully saturated rings. The highest BCUT2D eigenvalue weighted by Crippen LogP contribution is 2.31. The Morgan fingerprint density at radius 2 is 1.83 bits per heavy atom. The van der Waals surface area contributed by atoms with Crippen molar-refractivity contribution < 1.29 is 14.3 Å². The number of para-hydroxylation sites is 1. The summed E-state index contributed by atoms with van der Waals surface area (Å²) in [6.45, 7) is 5.44. The van der Waals surface area contributed by atoms with Gasteiger partial charge in [-0.2, -0.15) is 0 Å². The van der Waals surface area contributed by atoms with Crippen molar-refractivity contribution in [3.63, 3.8) is 0 Å². The Bertz CT molecular complexity index is 1210. The number of H-pyrrole nitrogens is 1. The monoisotopic (exact) mass is 488 g/mol. The molecular weight excluding hydrogens is 452 g/mol. The number of ether oxygens (including phenoxy) is 1. The van der Waals surface area contributed by atoms with Crippen LogP contribution in [0.4, 0.5) is 5.69 Å². The van der Waals surface area contributed by atoms with Crippen molar-refractivity contribution in [2.75, 3.05) is 51.7 Å². The summed E-state index contributed by atoms with van der Waals surface area (Å²) in [4.78, 5) is 34.0. The van der Waals surface area contributed by atoms with E-state index in [1.165, 1.54) is 38.9 Å². The molecule has 2 N–H and O–H groups in total. The van der Waals surface area contributed by atoms with Crippen molar-refractivity contribution in [2.45, 2.75) is 32.1 Å². The van der Waals surface area contributed by atoms with Gasteiger partial charge in [0.1, 0.15) is 0 Å². The third kappa shape index (κ3) is 5.41. The van der Waals surface area contributed by atoms with Crippen molar-refractivity contribution in [3.05, 3.63) is 59.8 Å². The second kappa shape index (κ2) is 11.2. The molecule has 0 bridgehead atoms. The minimum absolute atomic E-state index is 0.0856. The number of rotatable bonds is 8. The van der Waals surface area contributed by atoms with Gasteiger partial charge in [0.2, 0.25) is 5.91 Å². The van der Waals surface area contributed by atoms with Gasteiger partial charge in [0, 0.05) is 36.9 Å². The minimum Gasteiger partial charge on any atom is -0.494 e. The van der Waals surface area contributed by atoms with Gasteiger partial charge >= 0.3 is 0 Å². The van der Waals surface area contributed by atoms with Gasteiger partial charge in [-0.05, 0) is 74.3 Å². The lowest BCUT2D eigenvalue weighted by Gasteiger charge is -2.36. The number of amides is 1. The topological polar surface area (TPSA) is 77.7 Å². The fourth-order valence-electron chi connectivity index (χ4n) is 5.57. The number of aromatic amines is 1. The predicted molar refractivity (Wildman–Crippen MR) is 143 cm³/mol. The van der Waals surface area contributed by atoms with Crippen LogP contribution in [0.15, 0.2) is 48.7 Å². The predicted octanol–water partition coefficient (Wildman–Crippen LogP) is 4.54. The maximum atomic E-state index is 13.3. The molecule has 2 aliphatic rings. The molecule has 7 nitrogen and oxygen atoms in total. The first-order valence-electron chi connectivity index (χ1n) is 13.1. The van der Waals surface area contributed by atoms with E-state index in [0.29, 0.717) is 28.5 Å². The number of carbonyl (C=O) groups is 2. The molecule has 36 heavy (non-hydrogen) atoms. The highest BCUT2D eigenvalue weighted by atomic mass is 16.5. The number of hydrogen-bond acceptors (Lipinski definition) is 5. The fourth-order valence-corrected chi connectivity index (χ4v) is 5.57. The van der Waals surface area contributed by atoms with Crippen molar-refractivity contribution in [1.29, 1.82) is 0 Å².